The summed E-state index contributed by atoms with van der Waals surface area (Å²) >= 11 is 10.1. The van der Waals surface area contributed by atoms with Crippen LogP contribution in [0.4, 0.5) is 4.39 Å². The predicted octanol–water partition coefficient (Wildman–Crippen LogP) is 5.84. The molecule has 2 aromatic carbocycles. The Labute approximate surface area is 126 Å². The van der Waals surface area contributed by atoms with Gasteiger partial charge >= 0.3 is 0 Å². The molecule has 0 amide bonds. The van der Waals surface area contributed by atoms with E-state index in [1.54, 1.807) is 13.8 Å². The second kappa shape index (κ2) is 5.64. The van der Waals surface area contributed by atoms with Crippen LogP contribution in [0.3, 0.4) is 0 Å². The smallest absolute Gasteiger partial charge is 0.129 e. The van der Waals surface area contributed by atoms with Gasteiger partial charge in [0.2, 0.25) is 0 Å². The fraction of sp³-hybridized carbons (Fsp3) is 0.250. The van der Waals surface area contributed by atoms with Gasteiger partial charge < -0.3 is 0 Å². The van der Waals surface area contributed by atoms with Crippen molar-refractivity contribution in [2.24, 2.45) is 0 Å². The Balaban J connectivity index is 2.50. The zero-order valence-corrected chi connectivity index (χ0v) is 13.4. The molecule has 100 valence electrons. The average molecular weight is 342 g/mol. The maximum absolute atomic E-state index is 13.7. The Morgan fingerprint density at radius 2 is 1.68 bits per heavy atom. The number of alkyl halides is 1. The van der Waals surface area contributed by atoms with Gasteiger partial charge in [0.1, 0.15) is 5.82 Å². The van der Waals surface area contributed by atoms with Gasteiger partial charge in [-0.3, -0.25) is 0 Å². The van der Waals surface area contributed by atoms with Crippen LogP contribution < -0.4 is 0 Å². The Bertz CT molecular complexity index is 599. The fourth-order valence-electron chi connectivity index (χ4n) is 2.20. The van der Waals surface area contributed by atoms with E-state index in [1.807, 2.05) is 37.3 Å². The Morgan fingerprint density at radius 1 is 1.11 bits per heavy atom. The van der Waals surface area contributed by atoms with Gasteiger partial charge in [0.15, 0.2) is 0 Å². The lowest BCUT2D eigenvalue weighted by Crippen LogP contribution is -2.00. The molecular formula is C16H15BrClF. The summed E-state index contributed by atoms with van der Waals surface area (Å²) in [6.45, 7) is 5.56. The molecular weight excluding hydrogens is 327 g/mol. The summed E-state index contributed by atoms with van der Waals surface area (Å²) in [5.41, 5.74) is 4.35. The van der Waals surface area contributed by atoms with Gasteiger partial charge in [-0.05, 0) is 54.7 Å². The highest BCUT2D eigenvalue weighted by molar-refractivity contribution is 9.10. The second-order valence-corrected chi connectivity index (χ2v) is 6.08. The van der Waals surface area contributed by atoms with E-state index in [1.165, 1.54) is 0 Å². The summed E-state index contributed by atoms with van der Waals surface area (Å²) in [5.74, 6) is -0.154. The lowest BCUT2D eigenvalue weighted by atomic mass is 9.97. The van der Waals surface area contributed by atoms with Crippen molar-refractivity contribution < 1.29 is 4.39 Å². The molecule has 3 heteroatoms. The standard InChI is InChI=1S/C16H15BrClF/c1-9-7-12(8-10(2)16(9)19)15(18)13-5-4-6-14(17)11(13)3/h4-8,15H,1-3H3. The zero-order valence-electron chi connectivity index (χ0n) is 11.1. The van der Waals surface area contributed by atoms with Crippen molar-refractivity contribution in [1.82, 2.24) is 0 Å². The van der Waals surface area contributed by atoms with Gasteiger partial charge in [0.05, 0.1) is 5.38 Å². The minimum Gasteiger partial charge on any atom is -0.206 e. The molecule has 0 heterocycles. The number of hydrogen-bond acceptors (Lipinski definition) is 0. The van der Waals surface area contributed by atoms with E-state index in [0.717, 1.165) is 21.2 Å². The minimum absolute atomic E-state index is 0.154. The second-order valence-electron chi connectivity index (χ2n) is 4.79. The molecule has 0 bridgehead atoms. The van der Waals surface area contributed by atoms with Crippen molar-refractivity contribution >= 4 is 27.5 Å². The number of hydrogen-bond donors (Lipinski definition) is 0. The van der Waals surface area contributed by atoms with Gasteiger partial charge in [-0.2, -0.15) is 0 Å². The minimum atomic E-state index is -0.268. The Hall–Kier alpha value is -0.860. The molecule has 0 N–H and O–H groups in total. The van der Waals surface area contributed by atoms with Crippen LogP contribution >= 0.6 is 27.5 Å². The van der Waals surface area contributed by atoms with E-state index in [2.05, 4.69) is 15.9 Å². The summed E-state index contributed by atoms with van der Waals surface area (Å²) in [7, 11) is 0. The summed E-state index contributed by atoms with van der Waals surface area (Å²) < 4.78 is 14.7. The number of aryl methyl sites for hydroxylation is 2. The first-order valence-electron chi connectivity index (χ1n) is 6.07. The highest BCUT2D eigenvalue weighted by Crippen LogP contribution is 2.34. The van der Waals surface area contributed by atoms with E-state index >= 15 is 0 Å². The molecule has 0 fully saturated rings. The molecule has 0 aliphatic heterocycles. The van der Waals surface area contributed by atoms with Crippen LogP contribution in [0.1, 0.15) is 33.2 Å². The van der Waals surface area contributed by atoms with Gasteiger partial charge in [-0.15, -0.1) is 11.6 Å². The van der Waals surface area contributed by atoms with Gasteiger partial charge in [-0.25, -0.2) is 4.39 Å². The fourth-order valence-corrected chi connectivity index (χ4v) is 2.95. The van der Waals surface area contributed by atoms with Crippen LogP contribution in [0.2, 0.25) is 0 Å². The predicted molar refractivity (Wildman–Crippen MR) is 82.4 cm³/mol. The van der Waals surface area contributed by atoms with Crippen molar-refractivity contribution in [2.45, 2.75) is 26.1 Å². The quantitative estimate of drug-likeness (QED) is 0.602. The third-order valence-corrected chi connectivity index (χ3v) is 4.68. The Kier molecular flexibility index (Phi) is 4.32. The van der Waals surface area contributed by atoms with E-state index in [0.29, 0.717) is 11.1 Å². The lowest BCUT2D eigenvalue weighted by Gasteiger charge is -2.16. The first-order valence-corrected chi connectivity index (χ1v) is 7.30. The van der Waals surface area contributed by atoms with Crippen molar-refractivity contribution in [2.75, 3.05) is 0 Å². The van der Waals surface area contributed by atoms with E-state index in [9.17, 15) is 4.39 Å². The lowest BCUT2D eigenvalue weighted by molar-refractivity contribution is 0.608. The van der Waals surface area contributed by atoms with Crippen molar-refractivity contribution in [1.29, 1.82) is 0 Å². The van der Waals surface area contributed by atoms with Crippen LogP contribution in [0.5, 0.6) is 0 Å². The summed E-state index contributed by atoms with van der Waals surface area (Å²) in [6.07, 6.45) is 0. The molecule has 2 rings (SSSR count). The maximum atomic E-state index is 13.7. The third-order valence-electron chi connectivity index (χ3n) is 3.33. The highest BCUT2D eigenvalue weighted by atomic mass is 79.9. The summed E-state index contributed by atoms with van der Waals surface area (Å²) in [4.78, 5) is 0. The topological polar surface area (TPSA) is 0 Å². The van der Waals surface area contributed by atoms with Crippen molar-refractivity contribution in [3.05, 3.63) is 68.4 Å². The van der Waals surface area contributed by atoms with Gasteiger partial charge in [0, 0.05) is 4.47 Å². The van der Waals surface area contributed by atoms with Crippen LogP contribution in [0.15, 0.2) is 34.8 Å². The van der Waals surface area contributed by atoms with E-state index in [4.69, 9.17) is 11.6 Å². The molecule has 0 saturated carbocycles. The monoisotopic (exact) mass is 340 g/mol. The first-order chi connectivity index (χ1) is 8.91. The van der Waals surface area contributed by atoms with Crippen LogP contribution in [0.25, 0.3) is 0 Å². The Morgan fingerprint density at radius 3 is 2.26 bits per heavy atom. The molecule has 0 aliphatic carbocycles. The molecule has 19 heavy (non-hydrogen) atoms. The van der Waals surface area contributed by atoms with Crippen molar-refractivity contribution in [3.63, 3.8) is 0 Å². The zero-order chi connectivity index (χ0) is 14.2. The number of benzene rings is 2. The van der Waals surface area contributed by atoms with Gasteiger partial charge in [-0.1, -0.05) is 40.2 Å². The third kappa shape index (κ3) is 2.85. The van der Waals surface area contributed by atoms with Gasteiger partial charge in [0.25, 0.3) is 0 Å². The average Bonchev–Trinajstić information content (AvgIpc) is 2.38. The largest absolute Gasteiger partial charge is 0.206 e. The van der Waals surface area contributed by atoms with Crippen molar-refractivity contribution in [3.8, 4) is 0 Å². The first kappa shape index (κ1) is 14.5. The maximum Gasteiger partial charge on any atom is 0.129 e. The van der Waals surface area contributed by atoms with E-state index < -0.39 is 0 Å². The molecule has 2 aromatic rings. The number of rotatable bonds is 2. The van der Waals surface area contributed by atoms with Crippen LogP contribution in [0, 0.1) is 26.6 Å². The highest BCUT2D eigenvalue weighted by Gasteiger charge is 2.16. The van der Waals surface area contributed by atoms with Crippen LogP contribution in [-0.4, -0.2) is 0 Å². The van der Waals surface area contributed by atoms with E-state index in [-0.39, 0.29) is 11.2 Å². The summed E-state index contributed by atoms with van der Waals surface area (Å²) in [5, 5.41) is -0.268. The number of halogens is 3. The molecule has 0 nitrogen and oxygen atoms in total. The molecule has 1 atom stereocenters. The molecule has 0 radical (unpaired) electrons. The summed E-state index contributed by atoms with van der Waals surface area (Å²) in [6, 6.07) is 9.60. The molecule has 0 spiro atoms. The molecule has 0 aromatic heterocycles. The molecule has 0 saturated heterocycles. The normalized spacial score (nSPS) is 12.5. The SMILES string of the molecule is Cc1cc(C(Cl)c2cccc(Br)c2C)cc(C)c1F. The molecule has 1 unspecified atom stereocenters. The van der Waals surface area contributed by atoms with Crippen LogP contribution in [-0.2, 0) is 0 Å². The molecule has 0 aliphatic rings.